The van der Waals surface area contributed by atoms with Crippen LogP contribution in [0.5, 0.6) is 0 Å². The summed E-state index contributed by atoms with van der Waals surface area (Å²) < 4.78 is 17.4. The lowest BCUT2D eigenvalue weighted by molar-refractivity contribution is -0.120. The summed E-state index contributed by atoms with van der Waals surface area (Å²) in [6, 6.07) is 11.8. The monoisotopic (exact) mass is 409 g/mol. The van der Waals surface area contributed by atoms with Gasteiger partial charge in [-0.25, -0.2) is 4.39 Å². The van der Waals surface area contributed by atoms with Crippen molar-refractivity contribution < 1.29 is 13.9 Å². The third-order valence-electron chi connectivity index (χ3n) is 3.76. The van der Waals surface area contributed by atoms with Gasteiger partial charge < -0.3 is 15.4 Å². The zero-order chi connectivity index (χ0) is 20.6. The van der Waals surface area contributed by atoms with Gasteiger partial charge in [-0.05, 0) is 43.1 Å². The lowest BCUT2D eigenvalue weighted by atomic mass is 10.2. The fourth-order valence-corrected chi connectivity index (χ4v) is 2.32. The molecule has 1 atom stereocenters. The highest BCUT2D eigenvalue weighted by Crippen LogP contribution is 2.11. The van der Waals surface area contributed by atoms with Crippen molar-refractivity contribution in [1.29, 1.82) is 0 Å². The molecule has 1 unspecified atom stereocenters. The molecule has 0 saturated carbocycles. The molecule has 1 aliphatic rings. The Balaban J connectivity index is 0.000000217. The molecule has 1 aromatic carbocycles. The van der Waals surface area contributed by atoms with E-state index in [9.17, 15) is 9.18 Å². The van der Waals surface area contributed by atoms with Crippen LogP contribution < -0.4 is 10.6 Å². The number of pyridine rings is 1. The molecule has 2 N–H and O–H groups in total. The summed E-state index contributed by atoms with van der Waals surface area (Å²) in [5.41, 5.74) is 0.959. The van der Waals surface area contributed by atoms with Crippen LogP contribution in [0.3, 0.4) is 0 Å². The maximum absolute atomic E-state index is 12.2. The van der Waals surface area contributed by atoms with E-state index >= 15 is 0 Å². The molecule has 1 aromatic heterocycles. The largest absolute Gasteiger partial charge is 0.380 e. The van der Waals surface area contributed by atoms with Crippen molar-refractivity contribution in [3.63, 3.8) is 0 Å². The predicted octanol–water partition coefficient (Wildman–Crippen LogP) is 3.48. The predicted molar refractivity (Wildman–Crippen MR) is 111 cm³/mol. The number of benzene rings is 1. The summed E-state index contributed by atoms with van der Waals surface area (Å²) in [6.45, 7) is 6.12. The van der Waals surface area contributed by atoms with E-state index < -0.39 is 0 Å². The van der Waals surface area contributed by atoms with Crippen molar-refractivity contribution in [2.75, 3.05) is 33.4 Å². The standard InChI is InChI=1S/C9H12N2O.C6H4ClF.C6H13NO/c1-10-9(12)6-5-8-4-2-3-7-11-8;7-5-3-1-2-4-6(5)8;1-6-4-7-2-3-8-5-6/h2-4,7H,5-6H2,1H3,(H,10,12);1-4H;6-7H,2-5H2,1H3. The van der Waals surface area contributed by atoms with Crippen LogP contribution >= 0.6 is 11.6 Å². The summed E-state index contributed by atoms with van der Waals surface area (Å²) in [5, 5.41) is 6.01. The number of halogens is 2. The highest BCUT2D eigenvalue weighted by molar-refractivity contribution is 6.30. The first-order chi connectivity index (χ1) is 13.5. The van der Waals surface area contributed by atoms with Crippen molar-refractivity contribution in [2.45, 2.75) is 19.8 Å². The molecule has 0 bridgehead atoms. The highest BCUT2D eigenvalue weighted by Gasteiger charge is 2.04. The zero-order valence-corrected chi connectivity index (χ0v) is 17.2. The van der Waals surface area contributed by atoms with Gasteiger partial charge in [0, 0.05) is 31.9 Å². The van der Waals surface area contributed by atoms with E-state index in [1.54, 1.807) is 25.4 Å². The molecule has 0 spiro atoms. The zero-order valence-electron chi connectivity index (χ0n) is 16.5. The van der Waals surface area contributed by atoms with E-state index in [2.05, 4.69) is 22.5 Å². The van der Waals surface area contributed by atoms with Gasteiger partial charge in [0.25, 0.3) is 0 Å². The maximum Gasteiger partial charge on any atom is 0.220 e. The molecule has 154 valence electrons. The number of nitrogens with one attached hydrogen (secondary N) is 2. The Morgan fingerprint density at radius 2 is 2.07 bits per heavy atom. The van der Waals surface area contributed by atoms with Crippen LogP contribution in [0.2, 0.25) is 5.02 Å². The molecular weight excluding hydrogens is 381 g/mol. The maximum atomic E-state index is 12.2. The van der Waals surface area contributed by atoms with Crippen LogP contribution in [0.4, 0.5) is 4.39 Å². The molecule has 1 fully saturated rings. The second-order valence-corrected chi connectivity index (χ2v) is 6.70. The first-order valence-corrected chi connectivity index (χ1v) is 9.69. The van der Waals surface area contributed by atoms with Gasteiger partial charge in [-0.15, -0.1) is 0 Å². The lowest BCUT2D eigenvalue weighted by Crippen LogP contribution is -2.20. The number of hydrogen-bond donors (Lipinski definition) is 2. The Morgan fingerprint density at radius 3 is 2.68 bits per heavy atom. The molecule has 0 radical (unpaired) electrons. The Labute approximate surface area is 171 Å². The number of carbonyl (C=O) groups excluding carboxylic acids is 1. The molecule has 2 aromatic rings. The topological polar surface area (TPSA) is 63.2 Å². The summed E-state index contributed by atoms with van der Waals surface area (Å²) in [5.74, 6) is 0.382. The molecule has 1 saturated heterocycles. The lowest BCUT2D eigenvalue weighted by Gasteiger charge is -2.03. The Kier molecular flexibility index (Phi) is 12.8. The van der Waals surface area contributed by atoms with Gasteiger partial charge >= 0.3 is 0 Å². The smallest absolute Gasteiger partial charge is 0.220 e. The summed E-state index contributed by atoms with van der Waals surface area (Å²) in [6.07, 6.45) is 2.95. The van der Waals surface area contributed by atoms with Crippen molar-refractivity contribution >= 4 is 17.5 Å². The third-order valence-corrected chi connectivity index (χ3v) is 4.06. The van der Waals surface area contributed by atoms with E-state index in [1.165, 1.54) is 12.1 Å². The van der Waals surface area contributed by atoms with Crippen LogP contribution in [-0.4, -0.2) is 44.2 Å². The number of amides is 1. The number of hydrogen-bond acceptors (Lipinski definition) is 4. The van der Waals surface area contributed by atoms with E-state index in [0.29, 0.717) is 18.8 Å². The third kappa shape index (κ3) is 11.6. The Hall–Kier alpha value is -2.02. The van der Waals surface area contributed by atoms with Crippen LogP contribution in [-0.2, 0) is 16.0 Å². The average Bonchev–Trinajstić information content (AvgIpc) is 2.97. The molecule has 0 aliphatic carbocycles. The van der Waals surface area contributed by atoms with Crippen molar-refractivity contribution in [2.24, 2.45) is 5.92 Å². The SMILES string of the molecule is CC1CNCCOC1.CNC(=O)CCc1ccccn1.Fc1ccccc1Cl. The van der Waals surface area contributed by atoms with Crippen molar-refractivity contribution in [3.8, 4) is 0 Å². The Morgan fingerprint density at radius 1 is 1.32 bits per heavy atom. The van der Waals surface area contributed by atoms with E-state index in [4.69, 9.17) is 16.3 Å². The molecule has 5 nitrogen and oxygen atoms in total. The van der Waals surface area contributed by atoms with Crippen LogP contribution in [0.1, 0.15) is 19.0 Å². The first kappa shape index (κ1) is 24.0. The molecule has 3 rings (SSSR count). The van der Waals surface area contributed by atoms with Gasteiger partial charge in [-0.1, -0.05) is 36.7 Å². The second kappa shape index (κ2) is 15.0. The van der Waals surface area contributed by atoms with E-state index in [1.807, 2.05) is 18.2 Å². The van der Waals surface area contributed by atoms with Gasteiger partial charge in [0.2, 0.25) is 5.91 Å². The molecule has 1 aliphatic heterocycles. The minimum Gasteiger partial charge on any atom is -0.380 e. The quantitative estimate of drug-likeness (QED) is 0.814. The molecule has 28 heavy (non-hydrogen) atoms. The van der Waals surface area contributed by atoms with Gasteiger partial charge in [-0.3, -0.25) is 9.78 Å². The first-order valence-electron chi connectivity index (χ1n) is 9.32. The number of aryl methyl sites for hydroxylation is 1. The molecule has 2 heterocycles. The Bertz CT molecular complexity index is 645. The average molecular weight is 410 g/mol. The molecular formula is C21H29ClFN3O2. The van der Waals surface area contributed by atoms with Gasteiger partial charge in [0.15, 0.2) is 0 Å². The number of rotatable bonds is 3. The van der Waals surface area contributed by atoms with Gasteiger partial charge in [0.1, 0.15) is 5.82 Å². The van der Waals surface area contributed by atoms with Crippen molar-refractivity contribution in [1.82, 2.24) is 15.6 Å². The van der Waals surface area contributed by atoms with E-state index in [0.717, 1.165) is 32.0 Å². The van der Waals surface area contributed by atoms with Crippen LogP contribution in [0.25, 0.3) is 0 Å². The molecule has 7 heteroatoms. The molecule has 1 amide bonds. The number of ether oxygens (including phenoxy) is 1. The fourth-order valence-electron chi connectivity index (χ4n) is 2.19. The fraction of sp³-hybridized carbons (Fsp3) is 0.429. The second-order valence-electron chi connectivity index (χ2n) is 6.29. The minimum absolute atomic E-state index is 0.0562. The van der Waals surface area contributed by atoms with Crippen LogP contribution in [0.15, 0.2) is 48.7 Å². The normalized spacial score (nSPS) is 15.8. The van der Waals surface area contributed by atoms with Gasteiger partial charge in [0.05, 0.1) is 18.2 Å². The summed E-state index contributed by atoms with van der Waals surface area (Å²) in [7, 11) is 1.64. The number of aromatic nitrogens is 1. The minimum atomic E-state index is -0.367. The summed E-state index contributed by atoms with van der Waals surface area (Å²) in [4.78, 5) is 15.0. The van der Waals surface area contributed by atoms with Crippen LogP contribution in [0, 0.1) is 11.7 Å². The van der Waals surface area contributed by atoms with Gasteiger partial charge in [-0.2, -0.15) is 0 Å². The number of carbonyl (C=O) groups is 1. The number of nitrogens with zero attached hydrogens (tertiary/aromatic N) is 1. The van der Waals surface area contributed by atoms with E-state index in [-0.39, 0.29) is 16.7 Å². The van der Waals surface area contributed by atoms with Crippen molar-refractivity contribution in [3.05, 3.63) is 65.2 Å². The summed E-state index contributed by atoms with van der Waals surface area (Å²) >= 11 is 5.33. The highest BCUT2D eigenvalue weighted by atomic mass is 35.5.